The Hall–Kier alpha value is -1.51. The molecule has 2 aromatic carbocycles. The molecule has 2 aromatic rings. The molecule has 0 spiro atoms. The van der Waals surface area contributed by atoms with E-state index in [9.17, 15) is 0 Å². The third-order valence-corrected chi connectivity index (χ3v) is 3.02. The Balaban J connectivity index is 2.21. The summed E-state index contributed by atoms with van der Waals surface area (Å²) >= 11 is 5.95. The van der Waals surface area contributed by atoms with Crippen LogP contribution in [0.2, 0.25) is 5.02 Å². The van der Waals surface area contributed by atoms with Crippen LogP contribution < -0.4 is 10.5 Å². The first-order valence-corrected chi connectivity index (χ1v) is 6.23. The zero-order valence-electron chi connectivity index (χ0n) is 10.5. The van der Waals surface area contributed by atoms with Crippen molar-refractivity contribution >= 4 is 11.6 Å². The highest BCUT2D eigenvalue weighted by Crippen LogP contribution is 2.28. The molecule has 0 unspecified atom stereocenters. The lowest BCUT2D eigenvalue weighted by Gasteiger charge is -2.10. The summed E-state index contributed by atoms with van der Waals surface area (Å²) in [4.78, 5) is 0. The van der Waals surface area contributed by atoms with Crippen molar-refractivity contribution < 1.29 is 4.74 Å². The number of hydrogen-bond acceptors (Lipinski definition) is 2. The molecule has 0 fully saturated rings. The minimum atomic E-state index is 0.0342. The van der Waals surface area contributed by atoms with Gasteiger partial charge in [-0.25, -0.2) is 0 Å². The first kappa shape index (κ1) is 12.9. The van der Waals surface area contributed by atoms with Crippen molar-refractivity contribution in [2.45, 2.75) is 19.9 Å². The average Bonchev–Trinajstić information content (AvgIpc) is 2.34. The van der Waals surface area contributed by atoms with Gasteiger partial charge in [0.25, 0.3) is 0 Å². The van der Waals surface area contributed by atoms with Gasteiger partial charge in [-0.15, -0.1) is 0 Å². The third-order valence-electron chi connectivity index (χ3n) is 2.78. The van der Waals surface area contributed by atoms with Crippen molar-refractivity contribution in [1.82, 2.24) is 0 Å². The van der Waals surface area contributed by atoms with E-state index >= 15 is 0 Å². The maximum absolute atomic E-state index is 5.95. The molecule has 3 heteroatoms. The predicted octanol–water partition coefficient (Wildman–Crippen LogP) is 4.46. The molecule has 0 radical (unpaired) electrons. The molecule has 2 nitrogen and oxygen atoms in total. The maximum Gasteiger partial charge on any atom is 0.131 e. The summed E-state index contributed by atoms with van der Waals surface area (Å²) in [7, 11) is 0. The molecule has 0 aliphatic carbocycles. The fourth-order valence-corrected chi connectivity index (χ4v) is 1.81. The molecule has 0 heterocycles. The second-order valence-corrected chi connectivity index (χ2v) is 4.81. The molecule has 2 rings (SSSR count). The van der Waals surface area contributed by atoms with Crippen LogP contribution in [0.25, 0.3) is 0 Å². The fourth-order valence-electron chi connectivity index (χ4n) is 1.65. The molecule has 0 bridgehead atoms. The zero-order chi connectivity index (χ0) is 13.1. The number of benzene rings is 2. The SMILES string of the molecule is Cc1ccc(Cl)cc1Oc1ccc([C@H](C)N)cc1. The average molecular weight is 262 g/mol. The second kappa shape index (κ2) is 5.42. The third kappa shape index (κ3) is 3.03. The van der Waals surface area contributed by atoms with Crippen LogP contribution in [0, 0.1) is 6.92 Å². The normalized spacial score (nSPS) is 12.2. The quantitative estimate of drug-likeness (QED) is 0.885. The topological polar surface area (TPSA) is 35.2 Å². The van der Waals surface area contributed by atoms with Gasteiger partial charge in [0.1, 0.15) is 11.5 Å². The highest BCUT2D eigenvalue weighted by molar-refractivity contribution is 6.30. The summed E-state index contributed by atoms with van der Waals surface area (Å²) in [5.74, 6) is 1.56. The molecular weight excluding hydrogens is 246 g/mol. The summed E-state index contributed by atoms with van der Waals surface area (Å²) in [6.45, 7) is 3.94. The van der Waals surface area contributed by atoms with E-state index in [1.54, 1.807) is 0 Å². The van der Waals surface area contributed by atoms with Crippen molar-refractivity contribution in [3.8, 4) is 11.5 Å². The smallest absolute Gasteiger partial charge is 0.131 e. The van der Waals surface area contributed by atoms with Crippen molar-refractivity contribution in [2.24, 2.45) is 5.73 Å². The Morgan fingerprint density at radius 3 is 2.39 bits per heavy atom. The minimum Gasteiger partial charge on any atom is -0.457 e. The molecule has 1 atom stereocenters. The molecular formula is C15H16ClNO. The van der Waals surface area contributed by atoms with Crippen LogP contribution in [-0.4, -0.2) is 0 Å². The zero-order valence-corrected chi connectivity index (χ0v) is 11.2. The number of rotatable bonds is 3. The first-order valence-electron chi connectivity index (χ1n) is 5.86. The van der Waals surface area contributed by atoms with E-state index in [4.69, 9.17) is 22.1 Å². The lowest BCUT2D eigenvalue weighted by molar-refractivity contribution is 0.478. The number of ether oxygens (including phenoxy) is 1. The lowest BCUT2D eigenvalue weighted by atomic mass is 10.1. The van der Waals surface area contributed by atoms with E-state index in [1.165, 1.54) is 0 Å². The molecule has 0 aromatic heterocycles. The van der Waals surface area contributed by atoms with E-state index in [-0.39, 0.29) is 6.04 Å². The molecule has 2 N–H and O–H groups in total. The standard InChI is InChI=1S/C15H16ClNO/c1-10-3-6-13(16)9-15(10)18-14-7-4-12(5-8-14)11(2)17/h3-9,11H,17H2,1-2H3/t11-/m0/s1. The van der Waals surface area contributed by atoms with E-state index in [0.29, 0.717) is 5.02 Å². The molecule has 0 saturated carbocycles. The van der Waals surface area contributed by atoms with Gasteiger partial charge in [-0.1, -0.05) is 29.8 Å². The first-order chi connectivity index (χ1) is 8.56. The van der Waals surface area contributed by atoms with Gasteiger partial charge in [-0.05, 0) is 49.2 Å². The Labute approximate surface area is 112 Å². The van der Waals surface area contributed by atoms with Gasteiger partial charge >= 0.3 is 0 Å². The molecule has 0 saturated heterocycles. The summed E-state index contributed by atoms with van der Waals surface area (Å²) in [6.07, 6.45) is 0. The molecule has 18 heavy (non-hydrogen) atoms. The molecule has 94 valence electrons. The Morgan fingerprint density at radius 2 is 1.78 bits per heavy atom. The minimum absolute atomic E-state index is 0.0342. The van der Waals surface area contributed by atoms with E-state index in [0.717, 1.165) is 22.6 Å². The molecule has 0 aliphatic rings. The Bertz CT molecular complexity index is 535. The summed E-state index contributed by atoms with van der Waals surface area (Å²) < 4.78 is 5.80. The number of halogens is 1. The van der Waals surface area contributed by atoms with Crippen molar-refractivity contribution in [1.29, 1.82) is 0 Å². The van der Waals surface area contributed by atoms with Crippen LogP contribution in [0.3, 0.4) is 0 Å². The van der Waals surface area contributed by atoms with E-state index in [2.05, 4.69) is 0 Å². The van der Waals surface area contributed by atoms with Gasteiger partial charge in [0, 0.05) is 11.1 Å². The van der Waals surface area contributed by atoms with Crippen LogP contribution in [0.1, 0.15) is 24.1 Å². The summed E-state index contributed by atoms with van der Waals surface area (Å²) in [5, 5.41) is 0.669. The summed E-state index contributed by atoms with van der Waals surface area (Å²) in [6, 6.07) is 13.4. The highest BCUT2D eigenvalue weighted by atomic mass is 35.5. The van der Waals surface area contributed by atoms with Crippen LogP contribution >= 0.6 is 11.6 Å². The largest absolute Gasteiger partial charge is 0.457 e. The predicted molar refractivity (Wildman–Crippen MR) is 75.3 cm³/mol. The van der Waals surface area contributed by atoms with Gasteiger partial charge in [0.15, 0.2) is 0 Å². The van der Waals surface area contributed by atoms with Crippen LogP contribution in [0.15, 0.2) is 42.5 Å². The van der Waals surface area contributed by atoms with E-state index in [1.807, 2.05) is 56.3 Å². The van der Waals surface area contributed by atoms with Crippen molar-refractivity contribution in [2.75, 3.05) is 0 Å². The van der Waals surface area contributed by atoms with Gasteiger partial charge < -0.3 is 10.5 Å². The van der Waals surface area contributed by atoms with Gasteiger partial charge in [-0.2, -0.15) is 0 Å². The highest BCUT2D eigenvalue weighted by Gasteiger charge is 2.04. The Morgan fingerprint density at radius 1 is 1.11 bits per heavy atom. The maximum atomic E-state index is 5.95. The van der Waals surface area contributed by atoms with Gasteiger partial charge in [-0.3, -0.25) is 0 Å². The van der Waals surface area contributed by atoms with Gasteiger partial charge in [0.2, 0.25) is 0 Å². The fraction of sp³-hybridized carbons (Fsp3) is 0.200. The van der Waals surface area contributed by atoms with E-state index < -0.39 is 0 Å². The molecule has 0 aliphatic heterocycles. The van der Waals surface area contributed by atoms with Crippen LogP contribution in [0.5, 0.6) is 11.5 Å². The number of nitrogens with two attached hydrogens (primary N) is 1. The van der Waals surface area contributed by atoms with Crippen molar-refractivity contribution in [3.63, 3.8) is 0 Å². The van der Waals surface area contributed by atoms with Crippen LogP contribution in [0.4, 0.5) is 0 Å². The lowest BCUT2D eigenvalue weighted by Crippen LogP contribution is -2.04. The number of aryl methyl sites for hydroxylation is 1. The van der Waals surface area contributed by atoms with Crippen molar-refractivity contribution in [3.05, 3.63) is 58.6 Å². The second-order valence-electron chi connectivity index (χ2n) is 4.37. The monoisotopic (exact) mass is 261 g/mol. The number of hydrogen-bond donors (Lipinski definition) is 1. The molecule has 0 amide bonds. The van der Waals surface area contributed by atoms with Gasteiger partial charge in [0.05, 0.1) is 0 Å². The van der Waals surface area contributed by atoms with Crippen LogP contribution in [-0.2, 0) is 0 Å². The summed E-state index contributed by atoms with van der Waals surface area (Å²) in [5.41, 5.74) is 7.94. The Kier molecular flexibility index (Phi) is 3.90.